The third-order valence-corrected chi connectivity index (χ3v) is 5.53. The molecular weight excluding hydrogens is 580 g/mol. The molecule has 2 aromatic heterocycles. The summed E-state index contributed by atoms with van der Waals surface area (Å²) in [5.41, 5.74) is 1.39. The van der Waals surface area contributed by atoms with Gasteiger partial charge < -0.3 is 47.4 Å². The van der Waals surface area contributed by atoms with Crippen LogP contribution in [0.25, 0.3) is 11.4 Å². The number of carbonyl (C=O) groups excluding carboxylic acids is 2. The summed E-state index contributed by atoms with van der Waals surface area (Å²) in [7, 11) is 3.23. The zero-order chi connectivity index (χ0) is 31.5. The van der Waals surface area contributed by atoms with Gasteiger partial charge in [-0.1, -0.05) is 0 Å². The first-order valence-electron chi connectivity index (χ1n) is 14.4. The molecule has 0 fully saturated rings. The molecule has 2 rings (SSSR count). The maximum atomic E-state index is 12.5. The van der Waals surface area contributed by atoms with Crippen LogP contribution in [0.15, 0.2) is 36.7 Å². The van der Waals surface area contributed by atoms with Crippen molar-refractivity contribution in [3.05, 3.63) is 47.8 Å². The van der Waals surface area contributed by atoms with Crippen LogP contribution >= 0.6 is 0 Å². The van der Waals surface area contributed by atoms with Gasteiger partial charge in [0.05, 0.1) is 115 Å². The van der Waals surface area contributed by atoms with Crippen LogP contribution in [0.5, 0.6) is 0 Å². The maximum Gasteiger partial charge on any atom is 0.338 e. The van der Waals surface area contributed by atoms with Crippen LogP contribution in [0.2, 0.25) is 0 Å². The molecule has 2 heterocycles. The second-order valence-corrected chi connectivity index (χ2v) is 8.79. The lowest BCUT2D eigenvalue weighted by molar-refractivity contribution is -0.00559. The van der Waals surface area contributed by atoms with Crippen molar-refractivity contribution in [1.82, 2.24) is 9.97 Å². The van der Waals surface area contributed by atoms with Gasteiger partial charge >= 0.3 is 11.9 Å². The lowest BCUT2D eigenvalue weighted by atomic mass is 10.1. The first-order chi connectivity index (χ1) is 21.7. The summed E-state index contributed by atoms with van der Waals surface area (Å²) in [6.45, 7) is 6.22. The van der Waals surface area contributed by atoms with Crippen molar-refractivity contribution in [1.29, 1.82) is 0 Å². The molecule has 0 aromatic carbocycles. The van der Waals surface area contributed by atoms with Crippen LogP contribution in [-0.4, -0.2) is 142 Å². The van der Waals surface area contributed by atoms with E-state index in [1.165, 1.54) is 24.5 Å². The van der Waals surface area contributed by atoms with Crippen LogP contribution in [0.4, 0.5) is 0 Å². The van der Waals surface area contributed by atoms with Crippen LogP contribution in [0, 0.1) is 0 Å². The minimum Gasteiger partial charge on any atom is -0.460 e. The molecule has 0 aliphatic heterocycles. The molecule has 0 aliphatic rings. The van der Waals surface area contributed by atoms with E-state index in [9.17, 15) is 9.59 Å². The molecule has 0 bridgehead atoms. The van der Waals surface area contributed by atoms with Gasteiger partial charge in [0.25, 0.3) is 0 Å². The Bertz CT molecular complexity index is 961. The Morgan fingerprint density at radius 2 is 0.773 bits per heavy atom. The summed E-state index contributed by atoms with van der Waals surface area (Å²) in [4.78, 5) is 33.5. The van der Waals surface area contributed by atoms with Gasteiger partial charge in [0.2, 0.25) is 0 Å². The standard InChI is InChI=1S/C30H44N2O12/c1-35-7-9-37-11-13-39-15-17-41-19-21-43-29(33)25-3-5-31-27(23-25)28-24-26(4-6-32-28)30(34)44-22-20-42-18-16-40-14-12-38-10-8-36-2/h3-6,23-24H,7-22H2,1-2H3. The summed E-state index contributed by atoms with van der Waals surface area (Å²) in [5, 5.41) is 0. The highest BCUT2D eigenvalue weighted by Crippen LogP contribution is 2.18. The topological polar surface area (TPSA) is 152 Å². The summed E-state index contributed by atoms with van der Waals surface area (Å²) < 4.78 is 52.5. The number of pyridine rings is 2. The largest absolute Gasteiger partial charge is 0.460 e. The van der Waals surface area contributed by atoms with Crippen LogP contribution in [0.3, 0.4) is 0 Å². The molecular formula is C30H44N2O12. The SMILES string of the molecule is COCCOCCOCCOCCOC(=O)c1ccnc(-c2cc(C(=O)OCCOCCOCCOCCOC)ccn2)c1. The Balaban J connectivity index is 1.63. The molecule has 0 spiro atoms. The Kier molecular flexibility index (Phi) is 21.3. The summed E-state index contributed by atoms with van der Waals surface area (Å²) in [6, 6.07) is 6.17. The monoisotopic (exact) mass is 624 g/mol. The first kappa shape index (κ1) is 37.1. The lowest BCUT2D eigenvalue weighted by Crippen LogP contribution is -2.15. The van der Waals surface area contributed by atoms with E-state index in [-0.39, 0.29) is 26.4 Å². The van der Waals surface area contributed by atoms with E-state index in [1.807, 2.05) is 0 Å². The molecule has 14 heteroatoms. The van der Waals surface area contributed by atoms with Crippen LogP contribution in [0.1, 0.15) is 20.7 Å². The van der Waals surface area contributed by atoms with Crippen molar-refractivity contribution in [2.24, 2.45) is 0 Å². The van der Waals surface area contributed by atoms with Crippen molar-refractivity contribution >= 4 is 11.9 Å². The normalized spacial score (nSPS) is 11.0. The van der Waals surface area contributed by atoms with Gasteiger partial charge in [0.1, 0.15) is 13.2 Å². The van der Waals surface area contributed by atoms with E-state index in [0.29, 0.717) is 102 Å². The van der Waals surface area contributed by atoms with E-state index in [1.54, 1.807) is 26.4 Å². The van der Waals surface area contributed by atoms with E-state index >= 15 is 0 Å². The molecule has 14 nitrogen and oxygen atoms in total. The fraction of sp³-hybridized carbons (Fsp3) is 0.600. The number of methoxy groups -OCH3 is 2. The molecule has 0 atom stereocenters. The minimum atomic E-state index is -0.530. The van der Waals surface area contributed by atoms with Gasteiger partial charge in [-0.2, -0.15) is 0 Å². The summed E-state index contributed by atoms with van der Waals surface area (Å²) >= 11 is 0. The van der Waals surface area contributed by atoms with Crippen molar-refractivity contribution in [2.45, 2.75) is 0 Å². The number of hydrogen-bond donors (Lipinski definition) is 0. The molecule has 0 N–H and O–H groups in total. The van der Waals surface area contributed by atoms with E-state index in [0.717, 1.165) is 0 Å². The molecule has 0 saturated carbocycles. The third kappa shape index (κ3) is 17.3. The maximum absolute atomic E-state index is 12.5. The van der Waals surface area contributed by atoms with Crippen molar-refractivity contribution in [3.63, 3.8) is 0 Å². The average molecular weight is 625 g/mol. The third-order valence-electron chi connectivity index (χ3n) is 5.53. The number of ether oxygens (including phenoxy) is 10. The van der Waals surface area contributed by atoms with Crippen molar-refractivity contribution in [2.75, 3.05) is 120 Å². The summed E-state index contributed by atoms with van der Waals surface area (Å²) in [5.74, 6) is -1.06. The van der Waals surface area contributed by atoms with Crippen molar-refractivity contribution in [3.8, 4) is 11.4 Å². The van der Waals surface area contributed by atoms with E-state index in [2.05, 4.69) is 9.97 Å². The van der Waals surface area contributed by atoms with E-state index in [4.69, 9.17) is 47.4 Å². The number of aromatic nitrogens is 2. The molecule has 0 aliphatic carbocycles. The Hall–Kier alpha value is -3.08. The number of carbonyl (C=O) groups is 2. The van der Waals surface area contributed by atoms with Gasteiger partial charge in [-0.3, -0.25) is 9.97 Å². The first-order valence-corrected chi connectivity index (χ1v) is 14.4. The molecule has 0 unspecified atom stereocenters. The smallest absolute Gasteiger partial charge is 0.338 e. The van der Waals surface area contributed by atoms with Crippen LogP contribution < -0.4 is 0 Å². The number of esters is 2. The number of rotatable bonds is 27. The highest BCUT2D eigenvalue weighted by Gasteiger charge is 2.13. The zero-order valence-corrected chi connectivity index (χ0v) is 25.6. The quantitative estimate of drug-likeness (QED) is 0.105. The Labute approximate surface area is 258 Å². The Morgan fingerprint density at radius 1 is 0.477 bits per heavy atom. The lowest BCUT2D eigenvalue weighted by Gasteiger charge is -2.09. The van der Waals surface area contributed by atoms with E-state index < -0.39 is 11.9 Å². The minimum absolute atomic E-state index is 0.0806. The highest BCUT2D eigenvalue weighted by molar-refractivity contribution is 5.92. The van der Waals surface area contributed by atoms with Crippen molar-refractivity contribution < 1.29 is 57.0 Å². The Morgan fingerprint density at radius 3 is 1.09 bits per heavy atom. The van der Waals surface area contributed by atoms with Gasteiger partial charge in [0.15, 0.2) is 0 Å². The number of nitrogens with zero attached hydrogens (tertiary/aromatic N) is 2. The molecule has 2 aromatic rings. The average Bonchev–Trinajstić information content (AvgIpc) is 3.05. The highest BCUT2D eigenvalue weighted by atomic mass is 16.6. The molecule has 0 saturated heterocycles. The second-order valence-electron chi connectivity index (χ2n) is 8.79. The fourth-order valence-electron chi connectivity index (χ4n) is 3.32. The molecule has 246 valence electrons. The molecule has 0 amide bonds. The predicted octanol–water partition coefficient (Wildman–Crippen LogP) is 1.85. The zero-order valence-electron chi connectivity index (χ0n) is 25.6. The van der Waals surface area contributed by atoms with Gasteiger partial charge in [-0.25, -0.2) is 9.59 Å². The predicted molar refractivity (Wildman–Crippen MR) is 157 cm³/mol. The number of hydrogen-bond acceptors (Lipinski definition) is 14. The summed E-state index contributed by atoms with van der Waals surface area (Å²) in [6.07, 6.45) is 2.95. The fourth-order valence-corrected chi connectivity index (χ4v) is 3.32. The molecule has 0 radical (unpaired) electrons. The van der Waals surface area contributed by atoms with Gasteiger partial charge in [0, 0.05) is 26.6 Å². The van der Waals surface area contributed by atoms with Gasteiger partial charge in [-0.05, 0) is 24.3 Å². The van der Waals surface area contributed by atoms with Gasteiger partial charge in [-0.15, -0.1) is 0 Å². The second kappa shape index (κ2) is 25.3. The molecule has 44 heavy (non-hydrogen) atoms. The van der Waals surface area contributed by atoms with Crippen LogP contribution in [-0.2, 0) is 47.4 Å².